The molecule has 0 radical (unpaired) electrons. The van der Waals surface area contributed by atoms with Gasteiger partial charge in [-0.3, -0.25) is 0 Å². The third kappa shape index (κ3) is 5.82. The van der Waals surface area contributed by atoms with E-state index < -0.39 is 0 Å². The molecular formula is C17H28N2. The van der Waals surface area contributed by atoms with Crippen molar-refractivity contribution in [2.24, 2.45) is 0 Å². The largest absolute Gasteiger partial charge is 0.385 e. The van der Waals surface area contributed by atoms with Crippen molar-refractivity contribution < 1.29 is 0 Å². The molecule has 2 heteroatoms. The highest BCUT2D eigenvalue weighted by Crippen LogP contribution is 2.17. The molecule has 0 fully saturated rings. The van der Waals surface area contributed by atoms with Gasteiger partial charge in [-0.1, -0.05) is 12.5 Å². The number of allylic oxidation sites excluding steroid dienone is 1. The molecule has 1 N–H and O–H groups in total. The van der Waals surface area contributed by atoms with Crippen LogP contribution in [-0.4, -0.2) is 19.6 Å². The molecule has 0 spiro atoms. The van der Waals surface area contributed by atoms with E-state index in [1.165, 1.54) is 30.6 Å². The first-order valence-corrected chi connectivity index (χ1v) is 7.51. The maximum atomic E-state index is 3.74. The Morgan fingerprint density at radius 2 is 1.74 bits per heavy atom. The minimum absolute atomic E-state index is 1.06. The molecule has 0 aliphatic heterocycles. The van der Waals surface area contributed by atoms with E-state index in [1.54, 1.807) is 0 Å². The lowest BCUT2D eigenvalue weighted by Crippen LogP contribution is -2.21. The highest BCUT2D eigenvalue weighted by Gasteiger charge is 2.00. The summed E-state index contributed by atoms with van der Waals surface area (Å²) in [5.74, 6) is 0. The zero-order chi connectivity index (χ0) is 13.9. The van der Waals surface area contributed by atoms with Crippen molar-refractivity contribution in [3.8, 4) is 0 Å². The monoisotopic (exact) mass is 260 g/mol. The quantitative estimate of drug-likeness (QED) is 0.485. The summed E-state index contributed by atoms with van der Waals surface area (Å²) in [5, 5.41) is 3.48. The van der Waals surface area contributed by atoms with Gasteiger partial charge in [0, 0.05) is 31.0 Å². The minimum Gasteiger partial charge on any atom is -0.385 e. The average Bonchev–Trinajstić information content (AvgIpc) is 2.45. The van der Waals surface area contributed by atoms with Gasteiger partial charge in [0.1, 0.15) is 0 Å². The fraction of sp³-hybridized carbons (Fsp3) is 0.529. The van der Waals surface area contributed by atoms with Gasteiger partial charge in [0.15, 0.2) is 0 Å². The summed E-state index contributed by atoms with van der Waals surface area (Å²) in [6, 6.07) is 8.76. The van der Waals surface area contributed by atoms with Gasteiger partial charge in [-0.2, -0.15) is 0 Å². The molecule has 2 nitrogen and oxygen atoms in total. The first kappa shape index (κ1) is 15.6. The van der Waals surface area contributed by atoms with Gasteiger partial charge in [0.2, 0.25) is 0 Å². The molecule has 1 aromatic rings. The molecule has 0 aliphatic rings. The van der Waals surface area contributed by atoms with Crippen LogP contribution in [0.25, 0.3) is 0 Å². The van der Waals surface area contributed by atoms with Crippen molar-refractivity contribution in [3.63, 3.8) is 0 Å². The number of hydrogen-bond donors (Lipinski definition) is 1. The van der Waals surface area contributed by atoms with E-state index in [1.807, 2.05) is 6.08 Å². The number of rotatable bonds is 10. The summed E-state index contributed by atoms with van der Waals surface area (Å²) in [5.41, 5.74) is 2.53. The second kappa shape index (κ2) is 9.48. The molecule has 106 valence electrons. The van der Waals surface area contributed by atoms with Gasteiger partial charge in [0.05, 0.1) is 0 Å². The summed E-state index contributed by atoms with van der Waals surface area (Å²) in [6.45, 7) is 11.3. The third-order valence-corrected chi connectivity index (χ3v) is 3.41. The van der Waals surface area contributed by atoms with E-state index in [-0.39, 0.29) is 0 Å². The smallest absolute Gasteiger partial charge is 0.0367 e. The van der Waals surface area contributed by atoms with Gasteiger partial charge in [0.25, 0.3) is 0 Å². The third-order valence-electron chi connectivity index (χ3n) is 3.41. The van der Waals surface area contributed by atoms with Crippen molar-refractivity contribution in [2.45, 2.75) is 39.5 Å². The zero-order valence-electron chi connectivity index (χ0n) is 12.5. The van der Waals surface area contributed by atoms with Crippen molar-refractivity contribution in [3.05, 3.63) is 36.9 Å². The van der Waals surface area contributed by atoms with Crippen LogP contribution in [0.5, 0.6) is 0 Å². The molecule has 0 unspecified atom stereocenters. The molecule has 0 saturated heterocycles. The first-order chi connectivity index (χ1) is 9.31. The van der Waals surface area contributed by atoms with E-state index in [0.29, 0.717) is 0 Å². The topological polar surface area (TPSA) is 15.3 Å². The summed E-state index contributed by atoms with van der Waals surface area (Å²) in [4.78, 5) is 2.36. The molecule has 0 heterocycles. The summed E-state index contributed by atoms with van der Waals surface area (Å²) >= 11 is 0. The second-order valence-corrected chi connectivity index (χ2v) is 4.78. The van der Waals surface area contributed by atoms with Crippen LogP contribution in [0.3, 0.4) is 0 Å². The average molecular weight is 260 g/mol. The van der Waals surface area contributed by atoms with Crippen molar-refractivity contribution in [1.29, 1.82) is 0 Å². The zero-order valence-corrected chi connectivity index (χ0v) is 12.5. The standard InChI is InChI=1S/C17H28N2/c1-4-7-8-9-10-15-18-16-11-13-17(14-12-16)19(5-2)6-3/h4,11-14,18H,1,5-10,15H2,2-3H3. The minimum atomic E-state index is 1.06. The van der Waals surface area contributed by atoms with Crippen LogP contribution in [0.2, 0.25) is 0 Å². The van der Waals surface area contributed by atoms with Crippen molar-refractivity contribution in [1.82, 2.24) is 0 Å². The number of nitrogens with one attached hydrogen (secondary N) is 1. The van der Waals surface area contributed by atoms with Gasteiger partial charge in [-0.05, 0) is 57.4 Å². The fourth-order valence-electron chi connectivity index (χ4n) is 2.20. The van der Waals surface area contributed by atoms with Crippen LogP contribution < -0.4 is 10.2 Å². The highest BCUT2D eigenvalue weighted by atomic mass is 15.1. The molecule has 0 bridgehead atoms. The van der Waals surface area contributed by atoms with Crippen LogP contribution in [0.15, 0.2) is 36.9 Å². The van der Waals surface area contributed by atoms with E-state index >= 15 is 0 Å². The molecule has 0 amide bonds. The van der Waals surface area contributed by atoms with Gasteiger partial charge < -0.3 is 10.2 Å². The van der Waals surface area contributed by atoms with Crippen LogP contribution >= 0.6 is 0 Å². The van der Waals surface area contributed by atoms with E-state index in [4.69, 9.17) is 0 Å². The van der Waals surface area contributed by atoms with E-state index in [2.05, 4.69) is 54.9 Å². The maximum Gasteiger partial charge on any atom is 0.0367 e. The second-order valence-electron chi connectivity index (χ2n) is 4.78. The molecule has 0 saturated carbocycles. The molecule has 19 heavy (non-hydrogen) atoms. The Morgan fingerprint density at radius 1 is 1.05 bits per heavy atom. The number of nitrogens with zero attached hydrogens (tertiary/aromatic N) is 1. The van der Waals surface area contributed by atoms with Crippen LogP contribution in [-0.2, 0) is 0 Å². The molecule has 0 atom stereocenters. The number of hydrogen-bond acceptors (Lipinski definition) is 2. The van der Waals surface area contributed by atoms with Crippen LogP contribution in [0.4, 0.5) is 11.4 Å². The van der Waals surface area contributed by atoms with Gasteiger partial charge in [-0.25, -0.2) is 0 Å². The van der Waals surface area contributed by atoms with Crippen molar-refractivity contribution >= 4 is 11.4 Å². The number of anilines is 2. The van der Waals surface area contributed by atoms with Gasteiger partial charge in [-0.15, -0.1) is 6.58 Å². The Morgan fingerprint density at radius 3 is 2.32 bits per heavy atom. The summed E-state index contributed by atoms with van der Waals surface area (Å²) in [6.07, 6.45) is 6.90. The SMILES string of the molecule is C=CCCCCCNc1ccc(N(CC)CC)cc1. The number of unbranched alkanes of at least 4 members (excludes halogenated alkanes) is 3. The normalized spacial score (nSPS) is 10.2. The predicted molar refractivity (Wildman–Crippen MR) is 87.2 cm³/mol. The summed E-state index contributed by atoms with van der Waals surface area (Å²) in [7, 11) is 0. The molecular weight excluding hydrogens is 232 g/mol. The Labute approximate surface area is 118 Å². The van der Waals surface area contributed by atoms with Gasteiger partial charge >= 0.3 is 0 Å². The Balaban J connectivity index is 2.30. The molecule has 0 aromatic heterocycles. The van der Waals surface area contributed by atoms with E-state index in [9.17, 15) is 0 Å². The van der Waals surface area contributed by atoms with Crippen molar-refractivity contribution in [2.75, 3.05) is 29.9 Å². The highest BCUT2D eigenvalue weighted by molar-refractivity contribution is 5.54. The Bertz CT molecular complexity index is 339. The maximum absolute atomic E-state index is 3.74. The first-order valence-electron chi connectivity index (χ1n) is 7.51. The lowest BCUT2D eigenvalue weighted by Gasteiger charge is -2.21. The molecule has 1 aromatic carbocycles. The lowest BCUT2D eigenvalue weighted by molar-refractivity contribution is 0.709. The lowest BCUT2D eigenvalue weighted by atomic mass is 10.2. The van der Waals surface area contributed by atoms with E-state index in [0.717, 1.165) is 26.1 Å². The predicted octanol–water partition coefficient (Wildman–Crippen LogP) is 4.69. The fourth-order valence-corrected chi connectivity index (χ4v) is 2.20. The number of benzene rings is 1. The Kier molecular flexibility index (Phi) is 7.80. The van der Waals surface area contributed by atoms with Crippen LogP contribution in [0.1, 0.15) is 39.5 Å². The molecule has 0 aliphatic carbocycles. The Hall–Kier alpha value is -1.44. The van der Waals surface area contributed by atoms with Crippen LogP contribution in [0, 0.1) is 0 Å². The molecule has 1 rings (SSSR count). The summed E-state index contributed by atoms with van der Waals surface area (Å²) < 4.78 is 0.